The molecule has 0 aromatic heterocycles. The van der Waals surface area contributed by atoms with Gasteiger partial charge in [-0.05, 0) is 36.5 Å². The Kier molecular flexibility index (Phi) is 4.00. The highest BCUT2D eigenvalue weighted by molar-refractivity contribution is 5.85. The molecular weight excluding hydrogens is 210 g/mol. The lowest BCUT2D eigenvalue weighted by atomic mass is 10.00. The normalized spacial score (nSPS) is 16.9. The molecule has 2 rings (SSSR count). The largest absolute Gasteiger partial charge is 0.508 e. The number of aromatic hydroxyl groups is 1. The highest BCUT2D eigenvalue weighted by atomic mass is 35.5. The number of aryl methyl sites for hydroxylation is 1. The Hall–Kier alpha value is -0.730. The van der Waals surface area contributed by atoms with E-state index in [4.69, 9.17) is 5.73 Å². The van der Waals surface area contributed by atoms with Crippen molar-refractivity contribution >= 4 is 12.4 Å². The number of phenols is 1. The van der Waals surface area contributed by atoms with Gasteiger partial charge in [0.2, 0.25) is 0 Å². The number of phenolic OH excluding ortho intramolecular Hbond substituents is 1. The molecule has 2 nitrogen and oxygen atoms in total. The standard InChI is InChI=1S/C12H17NO.ClH/c1-8-6-10(4-5-12(8)14)11(13)7-9-2-3-9;/h4-6,9,11,14H,2-3,7,13H2,1H3;1H/t11-;/m1./s1. The predicted octanol–water partition coefficient (Wildman–Crippen LogP) is 2.92. The van der Waals surface area contributed by atoms with Crippen molar-refractivity contribution < 1.29 is 5.11 Å². The van der Waals surface area contributed by atoms with Crippen LogP contribution >= 0.6 is 12.4 Å². The van der Waals surface area contributed by atoms with Crippen LogP contribution in [0.4, 0.5) is 0 Å². The quantitative estimate of drug-likeness (QED) is 0.834. The van der Waals surface area contributed by atoms with Crippen molar-refractivity contribution in [2.24, 2.45) is 11.7 Å². The molecule has 84 valence electrons. The fourth-order valence-electron chi connectivity index (χ4n) is 1.76. The maximum absolute atomic E-state index is 9.38. The molecule has 0 unspecified atom stereocenters. The fourth-order valence-corrected chi connectivity index (χ4v) is 1.76. The van der Waals surface area contributed by atoms with Crippen LogP contribution in [0.15, 0.2) is 18.2 Å². The van der Waals surface area contributed by atoms with E-state index in [-0.39, 0.29) is 18.4 Å². The van der Waals surface area contributed by atoms with Gasteiger partial charge in [-0.15, -0.1) is 12.4 Å². The summed E-state index contributed by atoms with van der Waals surface area (Å²) in [5.74, 6) is 1.20. The van der Waals surface area contributed by atoms with Gasteiger partial charge < -0.3 is 10.8 Å². The van der Waals surface area contributed by atoms with Crippen LogP contribution in [0.1, 0.15) is 36.4 Å². The number of hydrogen-bond donors (Lipinski definition) is 2. The van der Waals surface area contributed by atoms with E-state index in [1.165, 1.54) is 12.8 Å². The van der Waals surface area contributed by atoms with Crippen LogP contribution in [-0.2, 0) is 0 Å². The van der Waals surface area contributed by atoms with Crippen molar-refractivity contribution in [1.82, 2.24) is 0 Å². The first-order valence-electron chi connectivity index (χ1n) is 5.22. The second kappa shape index (κ2) is 4.86. The number of hydrogen-bond acceptors (Lipinski definition) is 2. The molecule has 1 aromatic rings. The van der Waals surface area contributed by atoms with E-state index in [1.54, 1.807) is 6.07 Å². The smallest absolute Gasteiger partial charge is 0.118 e. The third-order valence-electron chi connectivity index (χ3n) is 2.93. The molecule has 0 radical (unpaired) electrons. The Morgan fingerprint density at radius 2 is 2.13 bits per heavy atom. The second-order valence-corrected chi connectivity index (χ2v) is 4.33. The Bertz CT molecular complexity index is 336. The van der Waals surface area contributed by atoms with E-state index in [9.17, 15) is 5.11 Å². The molecule has 1 aliphatic carbocycles. The first-order chi connectivity index (χ1) is 6.66. The minimum atomic E-state index is 0. The van der Waals surface area contributed by atoms with Crippen molar-refractivity contribution in [2.45, 2.75) is 32.2 Å². The van der Waals surface area contributed by atoms with Crippen molar-refractivity contribution in [2.75, 3.05) is 0 Å². The summed E-state index contributed by atoms with van der Waals surface area (Å²) >= 11 is 0. The van der Waals surface area contributed by atoms with Gasteiger partial charge in [0, 0.05) is 6.04 Å². The summed E-state index contributed by atoms with van der Waals surface area (Å²) in [5, 5.41) is 9.38. The van der Waals surface area contributed by atoms with Crippen molar-refractivity contribution in [3.05, 3.63) is 29.3 Å². The molecule has 3 N–H and O–H groups in total. The van der Waals surface area contributed by atoms with Gasteiger partial charge in [-0.2, -0.15) is 0 Å². The summed E-state index contributed by atoms with van der Waals surface area (Å²) in [5.41, 5.74) is 8.13. The van der Waals surface area contributed by atoms with Gasteiger partial charge in [0.15, 0.2) is 0 Å². The van der Waals surface area contributed by atoms with Crippen LogP contribution in [0.2, 0.25) is 0 Å². The van der Waals surface area contributed by atoms with Gasteiger partial charge in [-0.3, -0.25) is 0 Å². The van der Waals surface area contributed by atoms with Gasteiger partial charge in [-0.1, -0.05) is 25.0 Å². The summed E-state index contributed by atoms with van der Waals surface area (Å²) < 4.78 is 0. The van der Waals surface area contributed by atoms with Gasteiger partial charge in [-0.25, -0.2) is 0 Å². The molecule has 1 saturated carbocycles. The van der Waals surface area contributed by atoms with Gasteiger partial charge in [0.05, 0.1) is 0 Å². The number of benzene rings is 1. The van der Waals surface area contributed by atoms with E-state index in [0.29, 0.717) is 5.75 Å². The molecule has 1 aliphatic rings. The zero-order valence-corrected chi connectivity index (χ0v) is 9.76. The summed E-state index contributed by atoms with van der Waals surface area (Å²) in [7, 11) is 0. The molecule has 0 bridgehead atoms. The maximum Gasteiger partial charge on any atom is 0.118 e. The molecule has 3 heteroatoms. The third-order valence-corrected chi connectivity index (χ3v) is 2.93. The van der Waals surface area contributed by atoms with E-state index >= 15 is 0 Å². The number of nitrogens with two attached hydrogens (primary N) is 1. The van der Waals surface area contributed by atoms with Crippen LogP contribution < -0.4 is 5.73 Å². The molecule has 1 aromatic carbocycles. The van der Waals surface area contributed by atoms with Crippen LogP contribution in [0.5, 0.6) is 5.75 Å². The average molecular weight is 228 g/mol. The van der Waals surface area contributed by atoms with Crippen LogP contribution in [0.3, 0.4) is 0 Å². The predicted molar refractivity (Wildman–Crippen MR) is 64.4 cm³/mol. The van der Waals surface area contributed by atoms with E-state index in [2.05, 4.69) is 0 Å². The summed E-state index contributed by atoms with van der Waals surface area (Å²) in [6.07, 6.45) is 3.76. The monoisotopic (exact) mass is 227 g/mol. The molecule has 0 heterocycles. The lowest BCUT2D eigenvalue weighted by Crippen LogP contribution is -2.10. The zero-order valence-electron chi connectivity index (χ0n) is 8.94. The molecule has 1 atom stereocenters. The zero-order chi connectivity index (χ0) is 10.1. The minimum Gasteiger partial charge on any atom is -0.508 e. The van der Waals surface area contributed by atoms with E-state index in [0.717, 1.165) is 23.5 Å². The third kappa shape index (κ3) is 3.11. The SMILES string of the molecule is Cc1cc([C@H](N)CC2CC2)ccc1O.Cl. The Morgan fingerprint density at radius 3 is 2.67 bits per heavy atom. The van der Waals surface area contributed by atoms with Crippen LogP contribution in [0.25, 0.3) is 0 Å². The molecule has 1 fully saturated rings. The number of halogens is 1. The lowest BCUT2D eigenvalue weighted by molar-refractivity contribution is 0.470. The summed E-state index contributed by atoms with van der Waals surface area (Å²) in [4.78, 5) is 0. The van der Waals surface area contributed by atoms with Crippen molar-refractivity contribution in [3.63, 3.8) is 0 Å². The van der Waals surface area contributed by atoms with E-state index < -0.39 is 0 Å². The molecule has 0 aliphatic heterocycles. The Labute approximate surface area is 96.9 Å². The highest BCUT2D eigenvalue weighted by Crippen LogP contribution is 2.37. The summed E-state index contributed by atoms with van der Waals surface area (Å²) in [6.45, 7) is 1.91. The fraction of sp³-hybridized carbons (Fsp3) is 0.500. The summed E-state index contributed by atoms with van der Waals surface area (Å²) in [6, 6.07) is 5.79. The van der Waals surface area contributed by atoms with Crippen molar-refractivity contribution in [1.29, 1.82) is 0 Å². The average Bonchev–Trinajstić information content (AvgIpc) is 2.93. The van der Waals surface area contributed by atoms with Crippen molar-refractivity contribution in [3.8, 4) is 5.75 Å². The lowest BCUT2D eigenvalue weighted by Gasteiger charge is -2.12. The molecule has 0 spiro atoms. The molecule has 0 amide bonds. The number of rotatable bonds is 3. The van der Waals surface area contributed by atoms with Gasteiger partial charge in [0.1, 0.15) is 5.75 Å². The van der Waals surface area contributed by atoms with Crippen LogP contribution in [-0.4, -0.2) is 5.11 Å². The molecular formula is C12H18ClNO. The van der Waals surface area contributed by atoms with Gasteiger partial charge >= 0.3 is 0 Å². The maximum atomic E-state index is 9.38. The first-order valence-corrected chi connectivity index (χ1v) is 5.22. The highest BCUT2D eigenvalue weighted by Gasteiger charge is 2.24. The molecule has 15 heavy (non-hydrogen) atoms. The van der Waals surface area contributed by atoms with Gasteiger partial charge in [0.25, 0.3) is 0 Å². The topological polar surface area (TPSA) is 46.2 Å². The molecule has 0 saturated heterocycles. The van der Waals surface area contributed by atoms with Crippen LogP contribution in [0, 0.1) is 12.8 Å². The van der Waals surface area contributed by atoms with E-state index in [1.807, 2.05) is 19.1 Å². The Morgan fingerprint density at radius 1 is 1.47 bits per heavy atom. The second-order valence-electron chi connectivity index (χ2n) is 4.33. The first kappa shape index (κ1) is 12.3. The Balaban J connectivity index is 0.00000112. The minimum absolute atomic E-state index is 0.